The Labute approximate surface area is 129 Å². The summed E-state index contributed by atoms with van der Waals surface area (Å²) in [4.78, 5) is 20.9. The summed E-state index contributed by atoms with van der Waals surface area (Å²) in [6, 6.07) is 7.92. The largest absolute Gasteiger partial charge is 0.444 e. The molecule has 0 atom stereocenters. The molecule has 21 heavy (non-hydrogen) atoms. The van der Waals surface area contributed by atoms with Crippen LogP contribution in [-0.4, -0.2) is 17.6 Å². The fourth-order valence-electron chi connectivity index (χ4n) is 1.62. The summed E-state index contributed by atoms with van der Waals surface area (Å²) in [5.74, 6) is 0.128. The molecule has 0 radical (unpaired) electrons. The quantitative estimate of drug-likeness (QED) is 0.760. The number of amides is 2. The number of aryl methyl sites for hydroxylation is 1. The van der Waals surface area contributed by atoms with Gasteiger partial charge in [0.25, 0.3) is 0 Å². The van der Waals surface area contributed by atoms with E-state index in [0.29, 0.717) is 6.42 Å². The Morgan fingerprint density at radius 2 is 1.81 bits per heavy atom. The Bertz CT molecular complexity index is 475. The van der Waals surface area contributed by atoms with Gasteiger partial charge in [0, 0.05) is 15.0 Å². The molecule has 0 aliphatic carbocycles. The van der Waals surface area contributed by atoms with Crippen LogP contribution >= 0.6 is 0 Å². The number of ether oxygens (including phenoxy) is 1. The molecule has 1 aliphatic rings. The van der Waals surface area contributed by atoms with Crippen molar-refractivity contribution in [2.75, 3.05) is 5.32 Å². The lowest BCUT2D eigenvalue weighted by atomic mass is 10.0. The summed E-state index contributed by atoms with van der Waals surface area (Å²) in [6.07, 6.45) is 0.774. The molecular weight excluding hydrogens is 268 g/mol. The van der Waals surface area contributed by atoms with Crippen molar-refractivity contribution in [1.29, 1.82) is 0 Å². The van der Waals surface area contributed by atoms with E-state index in [1.54, 1.807) is 20.8 Å². The molecule has 2 rings (SSSR count). The average molecular weight is 298 g/mol. The van der Waals surface area contributed by atoms with Crippen LogP contribution in [0, 0.1) is 0 Å². The minimum atomic E-state index is -0.725. The molecule has 0 bridgehead atoms. The molecule has 3 N–H and O–H groups in total. The monoisotopic (exact) mass is 298 g/mol. The number of nitrogens with two attached hydrogens (primary N) is 1. The molecule has 0 fully saturated rings. The van der Waals surface area contributed by atoms with Crippen LogP contribution in [0.25, 0.3) is 0 Å². The highest BCUT2D eigenvalue weighted by molar-refractivity contribution is 5.93. The van der Waals surface area contributed by atoms with Gasteiger partial charge in [0.2, 0.25) is 5.91 Å². The first kappa shape index (κ1) is 19.0. The van der Waals surface area contributed by atoms with Crippen LogP contribution in [0.4, 0.5) is 10.5 Å². The molecule has 1 heterocycles. The normalized spacial score (nSPS) is 12.5. The highest BCUT2D eigenvalue weighted by atomic mass is 16.6. The molecule has 0 unspecified atom stereocenters. The molecule has 1 aliphatic heterocycles. The predicted molar refractivity (Wildman–Crippen MR) is 89.4 cm³/mol. The summed E-state index contributed by atoms with van der Waals surface area (Å²) in [7, 11) is 0. The van der Waals surface area contributed by atoms with E-state index in [1.807, 2.05) is 32.0 Å². The highest BCUT2D eigenvalue weighted by Gasteiger charge is 2.13. The number of primary amides is 1. The van der Waals surface area contributed by atoms with Crippen LogP contribution in [-0.2, 0) is 16.0 Å². The van der Waals surface area contributed by atoms with E-state index in [-0.39, 0.29) is 8.76 Å². The van der Waals surface area contributed by atoms with Gasteiger partial charge < -0.3 is 15.8 Å². The molecule has 1 aromatic carbocycles. The predicted octanol–water partition coefficient (Wildman–Crippen LogP) is 3.97. The van der Waals surface area contributed by atoms with Crippen LogP contribution in [0.5, 0.6) is 0 Å². The van der Waals surface area contributed by atoms with Crippen LogP contribution in [0.2, 0.25) is 0 Å². The van der Waals surface area contributed by atoms with Crippen LogP contribution < -0.4 is 11.1 Å². The van der Waals surface area contributed by atoms with Gasteiger partial charge in [-0.05, 0) is 38.8 Å². The third-order valence-electron chi connectivity index (χ3n) is 2.32. The molecule has 2 amide bonds. The maximum absolute atomic E-state index is 10.9. The van der Waals surface area contributed by atoms with E-state index in [4.69, 9.17) is 5.73 Å². The zero-order valence-corrected chi connectivity index (χ0v) is 13.5. The molecule has 5 nitrogen and oxygen atoms in total. The minimum absolute atomic E-state index is 0. The standard InChI is InChI=1S/C9H9NO.C5H11NO2.C2H6.2H2/c11-9-6-5-7-3-1-2-4-8(7)10-9;1-5(2,3)8-4(6)7;1-2;;/h1-4H,5-6H2,(H,10,11);1-3H3,(H2,6,7);1-2H3;2*1H. The highest BCUT2D eigenvalue weighted by Crippen LogP contribution is 2.20. The fourth-order valence-corrected chi connectivity index (χ4v) is 1.62. The number of hydrogen-bond donors (Lipinski definition) is 2. The van der Waals surface area contributed by atoms with E-state index in [2.05, 4.69) is 16.1 Å². The third kappa shape index (κ3) is 8.68. The first-order valence-electron chi connectivity index (χ1n) is 7.14. The van der Waals surface area contributed by atoms with E-state index < -0.39 is 11.7 Å². The number of para-hydroxylation sites is 1. The number of hydrogen-bond acceptors (Lipinski definition) is 3. The molecule has 0 saturated heterocycles. The Balaban J connectivity index is -0.000000303. The van der Waals surface area contributed by atoms with Gasteiger partial charge in [0.15, 0.2) is 0 Å². The van der Waals surface area contributed by atoms with Gasteiger partial charge in [-0.2, -0.15) is 0 Å². The van der Waals surface area contributed by atoms with Gasteiger partial charge in [-0.25, -0.2) is 4.79 Å². The molecule has 0 spiro atoms. The smallest absolute Gasteiger partial charge is 0.405 e. The number of benzene rings is 1. The van der Waals surface area contributed by atoms with Crippen LogP contribution in [0.1, 0.15) is 49.5 Å². The molecule has 0 aromatic heterocycles. The Morgan fingerprint density at radius 1 is 1.24 bits per heavy atom. The van der Waals surface area contributed by atoms with Gasteiger partial charge >= 0.3 is 6.09 Å². The summed E-state index contributed by atoms with van der Waals surface area (Å²) < 4.78 is 4.58. The van der Waals surface area contributed by atoms with E-state index in [9.17, 15) is 9.59 Å². The molecule has 1 aromatic rings. The molecule has 0 saturated carbocycles. The van der Waals surface area contributed by atoms with Crippen molar-refractivity contribution in [3.05, 3.63) is 29.8 Å². The topological polar surface area (TPSA) is 81.4 Å². The number of nitrogens with one attached hydrogen (secondary N) is 1. The maximum Gasteiger partial charge on any atom is 0.405 e. The second-order valence-corrected chi connectivity index (χ2v) is 5.24. The lowest BCUT2D eigenvalue weighted by Crippen LogP contribution is -2.27. The van der Waals surface area contributed by atoms with E-state index in [1.165, 1.54) is 5.56 Å². The summed E-state index contributed by atoms with van der Waals surface area (Å²) in [6.45, 7) is 9.28. The van der Waals surface area contributed by atoms with Crippen molar-refractivity contribution >= 4 is 17.7 Å². The van der Waals surface area contributed by atoms with E-state index in [0.717, 1.165) is 12.1 Å². The van der Waals surface area contributed by atoms with Crippen LogP contribution in [0.15, 0.2) is 24.3 Å². The summed E-state index contributed by atoms with van der Waals surface area (Å²) >= 11 is 0. The number of carbonyl (C=O) groups is 2. The van der Waals surface area contributed by atoms with Gasteiger partial charge in [0.1, 0.15) is 5.60 Å². The average Bonchev–Trinajstić information content (AvgIpc) is 2.38. The van der Waals surface area contributed by atoms with Gasteiger partial charge in [0.05, 0.1) is 0 Å². The number of rotatable bonds is 0. The molecule has 122 valence electrons. The second kappa shape index (κ2) is 9.00. The lowest BCUT2D eigenvalue weighted by molar-refractivity contribution is -0.116. The molecular formula is C16H30N2O3. The first-order chi connectivity index (χ1) is 9.78. The Hall–Kier alpha value is -2.04. The summed E-state index contributed by atoms with van der Waals surface area (Å²) in [5.41, 5.74) is 6.48. The Morgan fingerprint density at radius 3 is 2.29 bits per heavy atom. The lowest BCUT2D eigenvalue weighted by Gasteiger charge is -2.16. The first-order valence-corrected chi connectivity index (χ1v) is 7.14. The van der Waals surface area contributed by atoms with Gasteiger partial charge in [-0.1, -0.05) is 32.0 Å². The number of carbonyl (C=O) groups excluding carboxylic acids is 2. The van der Waals surface area contributed by atoms with Gasteiger partial charge in [-0.15, -0.1) is 0 Å². The third-order valence-corrected chi connectivity index (χ3v) is 2.32. The van der Waals surface area contributed by atoms with Gasteiger partial charge in [-0.3, -0.25) is 4.79 Å². The van der Waals surface area contributed by atoms with Crippen molar-refractivity contribution in [2.45, 2.75) is 53.1 Å². The SMILES string of the molecule is CC.CC(C)(C)OC(N)=O.O=C1CCc2ccccc2N1.[HH].[HH]. The van der Waals surface area contributed by atoms with E-state index >= 15 is 0 Å². The second-order valence-electron chi connectivity index (χ2n) is 5.24. The maximum atomic E-state index is 10.9. The zero-order chi connectivity index (χ0) is 16.5. The number of anilines is 1. The van der Waals surface area contributed by atoms with Crippen molar-refractivity contribution < 1.29 is 17.2 Å². The van der Waals surface area contributed by atoms with Crippen molar-refractivity contribution in [1.82, 2.24) is 0 Å². The number of fused-ring (bicyclic) bond motifs is 1. The molecule has 5 heteroatoms. The van der Waals surface area contributed by atoms with Crippen molar-refractivity contribution in [3.8, 4) is 0 Å². The van der Waals surface area contributed by atoms with Crippen LogP contribution in [0.3, 0.4) is 0 Å². The summed E-state index contributed by atoms with van der Waals surface area (Å²) in [5, 5.41) is 2.82. The zero-order valence-electron chi connectivity index (χ0n) is 13.5. The minimum Gasteiger partial charge on any atom is -0.444 e. The fraction of sp³-hybridized carbons (Fsp3) is 0.500. The Kier molecular flexibility index (Phi) is 8.12. The van der Waals surface area contributed by atoms with Crippen molar-refractivity contribution in [3.63, 3.8) is 0 Å². The van der Waals surface area contributed by atoms with Crippen molar-refractivity contribution in [2.24, 2.45) is 5.73 Å².